The van der Waals surface area contributed by atoms with Crippen LogP contribution in [0.15, 0.2) is 60.7 Å². The van der Waals surface area contributed by atoms with Crippen molar-refractivity contribution >= 4 is 29.7 Å². The first-order chi connectivity index (χ1) is 16.1. The van der Waals surface area contributed by atoms with Crippen molar-refractivity contribution in [3.05, 3.63) is 77.9 Å². The van der Waals surface area contributed by atoms with Gasteiger partial charge in [-0.3, -0.25) is 0 Å². The normalized spacial score (nSPS) is 14.4. The van der Waals surface area contributed by atoms with Gasteiger partial charge in [0.15, 0.2) is 0 Å². The van der Waals surface area contributed by atoms with Crippen LogP contribution in [0.2, 0.25) is 39.3 Å². The van der Waals surface area contributed by atoms with Gasteiger partial charge in [0, 0.05) is 8.07 Å². The Morgan fingerprint density at radius 2 is 1.31 bits per heavy atom. The second-order valence-electron chi connectivity index (χ2n) is 11.8. The Morgan fingerprint density at radius 3 is 1.81 bits per heavy atom. The van der Waals surface area contributed by atoms with Crippen LogP contribution in [0.25, 0.3) is 11.1 Å². The first-order valence-corrected chi connectivity index (χ1v) is 21.2. The van der Waals surface area contributed by atoms with Gasteiger partial charge in [0.2, 0.25) is 0 Å². The van der Waals surface area contributed by atoms with E-state index in [4.69, 9.17) is 0 Å². The Morgan fingerprint density at radius 1 is 0.750 bits per heavy atom. The molecule has 0 saturated heterocycles. The Hall–Kier alpha value is -0.443. The molecule has 1 saturated carbocycles. The molecule has 0 heterocycles. The minimum absolute atomic E-state index is 0. The molecule has 5 heteroatoms. The molecule has 0 spiro atoms. The first-order valence-electron chi connectivity index (χ1n) is 13.0. The quantitative estimate of drug-likeness (QED) is 0.179. The van der Waals surface area contributed by atoms with Crippen LogP contribution in [0.3, 0.4) is 0 Å². The molecule has 0 aliphatic heterocycles. The van der Waals surface area contributed by atoms with Crippen molar-refractivity contribution in [1.82, 2.24) is 0 Å². The van der Waals surface area contributed by atoms with Crippen LogP contribution in [0.5, 0.6) is 0 Å². The number of rotatable bonds is 2. The summed E-state index contributed by atoms with van der Waals surface area (Å²) < 4.78 is 1.81. The van der Waals surface area contributed by atoms with E-state index in [1.165, 1.54) is 66.0 Å². The molecular formula is C31H42Cl2Si2Zr-2. The number of fused-ring (bicyclic) bond motifs is 3. The molecule has 0 bridgehead atoms. The van der Waals surface area contributed by atoms with Gasteiger partial charge in [-0.15, -0.1) is 5.56 Å². The maximum absolute atomic E-state index is 3.58. The Bertz CT molecular complexity index is 988. The summed E-state index contributed by atoms with van der Waals surface area (Å²) in [6.07, 6.45) is 9.86. The maximum Gasteiger partial charge on any atom is -0.172 e. The van der Waals surface area contributed by atoms with E-state index in [9.17, 15) is 0 Å². The van der Waals surface area contributed by atoms with E-state index >= 15 is 0 Å². The minimum atomic E-state index is -1.27. The molecule has 1 fully saturated rings. The van der Waals surface area contributed by atoms with Gasteiger partial charge >= 0.3 is 66.0 Å². The average Bonchev–Trinajstić information content (AvgIpc) is 3.41. The molecule has 194 valence electrons. The Kier molecular flexibility index (Phi) is 14.2. The summed E-state index contributed by atoms with van der Waals surface area (Å²) in [7, 11) is -2.52. The van der Waals surface area contributed by atoms with E-state index in [0.29, 0.717) is 0 Å². The van der Waals surface area contributed by atoms with Crippen LogP contribution < -0.4 is 35.2 Å². The first kappa shape index (κ1) is 33.6. The molecule has 2 aliphatic rings. The van der Waals surface area contributed by atoms with Crippen molar-refractivity contribution in [3.8, 4) is 11.1 Å². The van der Waals surface area contributed by atoms with E-state index < -0.39 is 16.1 Å². The van der Waals surface area contributed by atoms with Crippen molar-refractivity contribution in [3.63, 3.8) is 0 Å². The summed E-state index contributed by atoms with van der Waals surface area (Å²) in [4.78, 5) is 0. The standard InChI is InChI=1S/C19H25Si2.C7H12.C5H5.2ClH.Zr/c1-20(2,3)16-9-7-14-11-15-8-10-17(21(4,5)6)13-19(15)18(14)12-16;1-2-4-6-7-5-3-1;1-2-4-5-3-1;;;/h7,9-10,12-13H,11H2,1-6H3;1-6H2;1-5H;2*1H;/q-1;;-1;;;+2/p-2. The second-order valence-corrected chi connectivity index (χ2v) is 23.7. The number of halogens is 2. The molecule has 0 aromatic heterocycles. The van der Waals surface area contributed by atoms with E-state index in [0.717, 1.165) is 6.42 Å². The zero-order chi connectivity index (χ0) is 24.8. The maximum atomic E-state index is 3.58. The predicted molar refractivity (Wildman–Crippen MR) is 154 cm³/mol. The van der Waals surface area contributed by atoms with Gasteiger partial charge in [-0.25, -0.2) is 12.1 Å². The molecule has 2 aliphatic carbocycles. The summed E-state index contributed by atoms with van der Waals surface area (Å²) in [6.45, 7) is 14.5. The van der Waals surface area contributed by atoms with Gasteiger partial charge in [-0.1, -0.05) is 73.8 Å². The SMILES string of the molecule is C[Si](C)(C)c1c[c-]c2c(c1)-c1cc([Si](C)(C)C)ccc1C2.[Cl-].[Cl-].[Zr+2]=[C]1CCCCCC1.c1cc[cH-]c1. The van der Waals surface area contributed by atoms with E-state index in [1.54, 1.807) is 29.4 Å². The number of hydrogen-bond donors (Lipinski definition) is 0. The summed E-state index contributed by atoms with van der Waals surface area (Å²) in [5, 5.41) is 3.08. The average molecular weight is 633 g/mol. The van der Waals surface area contributed by atoms with Crippen LogP contribution >= 0.6 is 0 Å². The van der Waals surface area contributed by atoms with Gasteiger partial charge in [0.05, 0.1) is 8.07 Å². The third-order valence-corrected chi connectivity index (χ3v) is 12.1. The van der Waals surface area contributed by atoms with Gasteiger partial charge in [0.1, 0.15) is 0 Å². The second kappa shape index (κ2) is 15.2. The molecule has 0 radical (unpaired) electrons. The van der Waals surface area contributed by atoms with Gasteiger partial charge < -0.3 is 24.8 Å². The minimum Gasteiger partial charge on any atom is -0.214 e. The fraction of sp³-hybridized carbons (Fsp3) is 0.419. The van der Waals surface area contributed by atoms with Crippen molar-refractivity contribution < 1.29 is 49.0 Å². The topological polar surface area (TPSA) is 0 Å². The Balaban J connectivity index is 0.000000356. The summed E-state index contributed by atoms with van der Waals surface area (Å²) >= 11 is 1.69. The van der Waals surface area contributed by atoms with Crippen LogP contribution in [-0.2, 0) is 30.7 Å². The molecule has 3 aromatic rings. The predicted octanol–water partition coefficient (Wildman–Crippen LogP) is 1.62. The molecule has 0 unspecified atom stereocenters. The van der Waals surface area contributed by atoms with Crippen LogP contribution in [0.1, 0.15) is 49.7 Å². The van der Waals surface area contributed by atoms with E-state index in [-0.39, 0.29) is 24.8 Å². The molecule has 5 rings (SSSR count). The number of hydrogen-bond acceptors (Lipinski definition) is 0. The van der Waals surface area contributed by atoms with Crippen LogP contribution in [0.4, 0.5) is 0 Å². The molecule has 36 heavy (non-hydrogen) atoms. The van der Waals surface area contributed by atoms with Gasteiger partial charge in [0.25, 0.3) is 0 Å². The smallest absolute Gasteiger partial charge is 0.172 e. The summed E-state index contributed by atoms with van der Waals surface area (Å²) in [6, 6.07) is 25.5. The Labute approximate surface area is 250 Å². The number of benzene rings is 2. The molecule has 0 amide bonds. The zero-order valence-electron chi connectivity index (χ0n) is 23.0. The third-order valence-electron chi connectivity index (χ3n) is 6.79. The van der Waals surface area contributed by atoms with E-state index in [2.05, 4.69) is 75.7 Å². The summed E-state index contributed by atoms with van der Waals surface area (Å²) in [5.74, 6) is 0. The fourth-order valence-electron chi connectivity index (χ4n) is 4.46. The van der Waals surface area contributed by atoms with Crippen LogP contribution in [-0.4, -0.2) is 19.4 Å². The van der Waals surface area contributed by atoms with Crippen molar-refractivity contribution in [2.24, 2.45) is 0 Å². The summed E-state index contributed by atoms with van der Waals surface area (Å²) in [5.41, 5.74) is 5.79. The monoisotopic (exact) mass is 630 g/mol. The molecule has 3 aromatic carbocycles. The van der Waals surface area contributed by atoms with Crippen molar-refractivity contribution in [2.45, 2.75) is 84.2 Å². The molecule has 0 atom stereocenters. The largest absolute Gasteiger partial charge is 0.214 e. The molecule has 0 N–H and O–H groups in total. The van der Waals surface area contributed by atoms with Gasteiger partial charge in [-0.05, 0) is 6.42 Å². The molecular weight excluding hydrogens is 591 g/mol. The van der Waals surface area contributed by atoms with Gasteiger partial charge in [-0.2, -0.15) is 47.1 Å². The molecule has 0 nitrogen and oxygen atoms in total. The third kappa shape index (κ3) is 10.0. The van der Waals surface area contributed by atoms with Crippen molar-refractivity contribution in [2.75, 3.05) is 0 Å². The fourth-order valence-corrected chi connectivity index (χ4v) is 7.57. The van der Waals surface area contributed by atoms with Crippen LogP contribution in [0, 0.1) is 6.07 Å². The van der Waals surface area contributed by atoms with E-state index in [1.807, 2.05) is 33.5 Å². The zero-order valence-corrected chi connectivity index (χ0v) is 28.9. The van der Waals surface area contributed by atoms with Crippen molar-refractivity contribution in [1.29, 1.82) is 0 Å².